The quantitative estimate of drug-likeness (QED) is 0.442. The van der Waals surface area contributed by atoms with Gasteiger partial charge < -0.3 is 27.3 Å². The second-order valence-electron chi connectivity index (χ2n) is 7.49. The van der Waals surface area contributed by atoms with Crippen LogP contribution in [0.4, 0.5) is 28.1 Å². The second kappa shape index (κ2) is 11.1. The highest BCUT2D eigenvalue weighted by molar-refractivity contribution is 9.10. The minimum absolute atomic E-state index is 0.276. The van der Waals surface area contributed by atoms with Crippen LogP contribution in [-0.4, -0.2) is 45.6 Å². The number of carbonyl (C=O) groups excluding carboxylic acids is 2. The molecule has 7 N–H and O–H groups in total. The third-order valence-electron chi connectivity index (χ3n) is 3.53. The molecule has 12 heteroatoms. The zero-order valence-electron chi connectivity index (χ0n) is 17.9. The number of nitrogens with zero attached hydrogens (tertiary/aromatic N) is 3. The maximum atomic E-state index is 12.2. The van der Waals surface area contributed by atoms with Crippen molar-refractivity contribution in [3.05, 3.63) is 33.2 Å². The molecule has 0 spiro atoms. The molecular weight excluding hydrogens is 534 g/mol. The molecule has 0 saturated carbocycles. The van der Waals surface area contributed by atoms with E-state index in [9.17, 15) is 9.59 Å². The van der Waals surface area contributed by atoms with Gasteiger partial charge in [0.25, 0.3) is 0 Å². The SMILES string of the molecule is CC(C(=O)Nc1cc(Br)cc(N)n1)N(C)C(=O)OC(C)(C)C.Nc1cc(Br)cc(N)n1. The van der Waals surface area contributed by atoms with Crippen LogP contribution in [-0.2, 0) is 9.53 Å². The molecule has 0 aromatic carbocycles. The first-order valence-corrected chi connectivity index (χ1v) is 10.6. The molecule has 2 aromatic rings. The Hall–Kier alpha value is -2.60. The number of ether oxygens (including phenoxy) is 1. The van der Waals surface area contributed by atoms with Crippen molar-refractivity contribution in [3.8, 4) is 0 Å². The summed E-state index contributed by atoms with van der Waals surface area (Å²) in [7, 11) is 1.50. The minimum Gasteiger partial charge on any atom is -0.444 e. The van der Waals surface area contributed by atoms with Gasteiger partial charge in [0.1, 0.15) is 34.9 Å². The third kappa shape index (κ3) is 9.83. The van der Waals surface area contributed by atoms with Crippen LogP contribution in [0.3, 0.4) is 0 Å². The predicted molar refractivity (Wildman–Crippen MR) is 129 cm³/mol. The van der Waals surface area contributed by atoms with Gasteiger partial charge in [-0.15, -0.1) is 0 Å². The molecule has 0 radical (unpaired) electrons. The van der Waals surface area contributed by atoms with Crippen LogP contribution in [0.2, 0.25) is 0 Å². The van der Waals surface area contributed by atoms with E-state index in [1.54, 1.807) is 52.0 Å². The topological polar surface area (TPSA) is 162 Å². The lowest BCUT2D eigenvalue weighted by atomic mass is 10.2. The number of nitrogens with two attached hydrogens (primary N) is 3. The van der Waals surface area contributed by atoms with Crippen LogP contribution in [0.15, 0.2) is 33.2 Å². The van der Waals surface area contributed by atoms with Crippen molar-refractivity contribution >= 4 is 67.1 Å². The molecule has 0 aliphatic heterocycles. The molecule has 2 amide bonds. The maximum absolute atomic E-state index is 12.2. The van der Waals surface area contributed by atoms with Crippen molar-refractivity contribution in [2.24, 2.45) is 0 Å². The number of likely N-dealkylation sites (N-methyl/N-ethyl adjacent to an activating group) is 1. The number of halogens is 2. The summed E-state index contributed by atoms with van der Waals surface area (Å²) in [6.07, 6.45) is -0.572. The van der Waals surface area contributed by atoms with Gasteiger partial charge in [-0.2, -0.15) is 0 Å². The van der Waals surface area contributed by atoms with Crippen LogP contribution < -0.4 is 22.5 Å². The van der Waals surface area contributed by atoms with Gasteiger partial charge in [0.2, 0.25) is 5.91 Å². The monoisotopic (exact) mass is 559 g/mol. The highest BCUT2D eigenvalue weighted by Crippen LogP contribution is 2.18. The summed E-state index contributed by atoms with van der Waals surface area (Å²) in [5.74, 6) is 1.06. The van der Waals surface area contributed by atoms with Crippen LogP contribution in [0.5, 0.6) is 0 Å². The summed E-state index contributed by atoms with van der Waals surface area (Å²) in [5.41, 5.74) is 15.7. The van der Waals surface area contributed by atoms with E-state index in [1.165, 1.54) is 11.9 Å². The lowest BCUT2D eigenvalue weighted by Crippen LogP contribution is -2.45. The van der Waals surface area contributed by atoms with Gasteiger partial charge in [0.05, 0.1) is 0 Å². The Morgan fingerprint density at radius 1 is 1.00 bits per heavy atom. The van der Waals surface area contributed by atoms with E-state index in [4.69, 9.17) is 21.9 Å². The number of hydrogen-bond donors (Lipinski definition) is 4. The van der Waals surface area contributed by atoms with Gasteiger partial charge in [-0.05, 0) is 52.0 Å². The van der Waals surface area contributed by atoms with Gasteiger partial charge in [0, 0.05) is 16.0 Å². The zero-order valence-corrected chi connectivity index (χ0v) is 21.1. The molecule has 31 heavy (non-hydrogen) atoms. The number of carbonyl (C=O) groups is 2. The number of amides is 2. The van der Waals surface area contributed by atoms with Crippen LogP contribution in [0, 0.1) is 0 Å². The molecule has 2 heterocycles. The first kappa shape index (κ1) is 26.4. The smallest absolute Gasteiger partial charge is 0.410 e. The first-order chi connectivity index (χ1) is 14.2. The normalized spacial score (nSPS) is 11.6. The summed E-state index contributed by atoms with van der Waals surface area (Å²) in [6.45, 7) is 6.88. The van der Waals surface area contributed by atoms with Crippen LogP contribution in [0.1, 0.15) is 27.7 Å². The molecule has 0 aliphatic carbocycles. The molecule has 10 nitrogen and oxygen atoms in total. The Labute approximate surface area is 198 Å². The zero-order chi connectivity index (χ0) is 23.9. The molecular formula is C19H27Br2N7O3. The average molecular weight is 561 g/mol. The van der Waals surface area contributed by atoms with Gasteiger partial charge in [-0.25, -0.2) is 14.8 Å². The lowest BCUT2D eigenvalue weighted by Gasteiger charge is -2.28. The van der Waals surface area contributed by atoms with Gasteiger partial charge >= 0.3 is 6.09 Å². The van der Waals surface area contributed by atoms with Crippen LogP contribution >= 0.6 is 31.9 Å². The van der Waals surface area contributed by atoms with Crippen molar-refractivity contribution in [3.63, 3.8) is 0 Å². The van der Waals surface area contributed by atoms with Crippen molar-refractivity contribution in [2.45, 2.75) is 39.3 Å². The number of nitrogen functional groups attached to an aromatic ring is 3. The Bertz CT molecular complexity index is 864. The minimum atomic E-state index is -0.725. The molecule has 0 bridgehead atoms. The number of rotatable bonds is 3. The first-order valence-electron chi connectivity index (χ1n) is 9.06. The lowest BCUT2D eigenvalue weighted by molar-refractivity contribution is -0.120. The van der Waals surface area contributed by atoms with E-state index in [1.807, 2.05) is 0 Å². The van der Waals surface area contributed by atoms with E-state index < -0.39 is 23.6 Å². The standard InChI is InChI=1S/C14H21BrN4O3.C5H6BrN3/c1-8(19(5)13(21)22-14(2,3)4)12(20)18-11-7-9(15)6-10(16)17-11;6-3-1-4(7)9-5(8)2-3/h6-8H,1-5H3,(H3,16,17,18,20);1-2H,(H4,7,8,9). The highest BCUT2D eigenvalue weighted by Gasteiger charge is 2.27. The number of hydrogen-bond acceptors (Lipinski definition) is 8. The second-order valence-corrected chi connectivity index (χ2v) is 9.32. The Kier molecular flexibility index (Phi) is 9.50. The van der Waals surface area contributed by atoms with E-state index in [0.29, 0.717) is 21.9 Å². The van der Waals surface area contributed by atoms with Crippen molar-refractivity contribution in [1.82, 2.24) is 14.9 Å². The molecule has 1 unspecified atom stereocenters. The molecule has 1 atom stereocenters. The van der Waals surface area contributed by atoms with E-state index >= 15 is 0 Å². The van der Waals surface area contributed by atoms with Gasteiger partial charge in [-0.1, -0.05) is 31.9 Å². The molecule has 2 aromatic heterocycles. The summed E-state index contributed by atoms with van der Waals surface area (Å²) >= 11 is 6.48. The molecule has 2 rings (SSSR count). The van der Waals surface area contributed by atoms with Gasteiger partial charge in [0.15, 0.2) is 0 Å². The Morgan fingerprint density at radius 2 is 1.45 bits per heavy atom. The number of anilines is 4. The maximum Gasteiger partial charge on any atom is 0.410 e. The third-order valence-corrected chi connectivity index (χ3v) is 4.45. The van der Waals surface area contributed by atoms with Crippen molar-refractivity contribution in [2.75, 3.05) is 29.6 Å². The molecule has 170 valence electrons. The summed E-state index contributed by atoms with van der Waals surface area (Å²) in [5, 5.41) is 2.61. The molecule has 0 aliphatic rings. The summed E-state index contributed by atoms with van der Waals surface area (Å²) in [4.78, 5) is 33.1. The molecule has 0 fully saturated rings. The molecule has 0 saturated heterocycles. The van der Waals surface area contributed by atoms with E-state index in [0.717, 1.165) is 4.47 Å². The van der Waals surface area contributed by atoms with Gasteiger partial charge in [-0.3, -0.25) is 9.69 Å². The average Bonchev–Trinajstić information content (AvgIpc) is 2.57. The highest BCUT2D eigenvalue weighted by atomic mass is 79.9. The number of pyridine rings is 2. The predicted octanol–water partition coefficient (Wildman–Crippen LogP) is 3.63. The fourth-order valence-corrected chi connectivity index (χ4v) is 2.94. The fourth-order valence-electron chi connectivity index (χ4n) is 2.02. The van der Waals surface area contributed by atoms with E-state index in [2.05, 4.69) is 47.1 Å². The van der Waals surface area contributed by atoms with E-state index in [-0.39, 0.29) is 5.82 Å². The summed E-state index contributed by atoms with van der Waals surface area (Å²) < 4.78 is 6.77. The number of nitrogens with one attached hydrogen (secondary N) is 1. The van der Waals surface area contributed by atoms with Crippen molar-refractivity contribution in [1.29, 1.82) is 0 Å². The van der Waals surface area contributed by atoms with Crippen molar-refractivity contribution < 1.29 is 14.3 Å². The Balaban J connectivity index is 0.000000442. The largest absolute Gasteiger partial charge is 0.444 e. The fraction of sp³-hybridized carbons (Fsp3) is 0.368. The van der Waals surface area contributed by atoms with Crippen LogP contribution in [0.25, 0.3) is 0 Å². The Morgan fingerprint density at radius 3 is 1.87 bits per heavy atom. The summed E-state index contributed by atoms with van der Waals surface area (Å²) in [6, 6.07) is 5.89. The number of aromatic nitrogens is 2.